The third-order valence-corrected chi connectivity index (χ3v) is 4.69. The molecule has 0 saturated carbocycles. The lowest BCUT2D eigenvalue weighted by Crippen LogP contribution is -2.23. The molecule has 0 aliphatic heterocycles. The first kappa shape index (κ1) is 17.9. The molecule has 0 unspecified atom stereocenters. The van der Waals surface area contributed by atoms with Crippen LogP contribution in [0.25, 0.3) is 0 Å². The zero-order valence-corrected chi connectivity index (χ0v) is 14.1. The topological polar surface area (TPSA) is 64.4 Å². The minimum Gasteiger partial charge on any atom is -0.383 e. The van der Waals surface area contributed by atoms with Gasteiger partial charge in [-0.05, 0) is 14.0 Å². The average Bonchev–Trinajstić information content (AvgIpc) is 2.78. The highest BCUT2D eigenvalue weighted by Crippen LogP contribution is 2.15. The molecule has 1 heterocycles. The Bertz CT molecular complexity index is 578. The van der Waals surface area contributed by atoms with Gasteiger partial charge >= 0.3 is 0 Å². The van der Waals surface area contributed by atoms with Crippen molar-refractivity contribution >= 4 is 9.84 Å². The molecule has 1 aromatic heterocycles. The average molecular weight is 315 g/mol. The summed E-state index contributed by atoms with van der Waals surface area (Å²) in [6.07, 6.45) is 1.63. The minimum atomic E-state index is -3.34. The van der Waals surface area contributed by atoms with E-state index in [0.717, 1.165) is 17.8 Å². The number of hydrogen-bond acceptors (Lipinski definition) is 5. The van der Waals surface area contributed by atoms with Crippen LogP contribution in [0.1, 0.15) is 19.5 Å². The third kappa shape index (κ3) is 4.94. The molecular weight excluding hydrogens is 290 g/mol. The Morgan fingerprint density at radius 3 is 2.71 bits per heavy atom. The van der Waals surface area contributed by atoms with E-state index in [1.807, 2.05) is 14.0 Å². The standard InChI is InChI=1S/C14H25N3O3S/c1-6-21(18,19)14-15-9-13(17(14)7-8-20-5)11-16(4)10-12(2)3/h9H,2,6-8,10-11H2,1,3-5H3. The van der Waals surface area contributed by atoms with E-state index in [9.17, 15) is 8.42 Å². The van der Waals surface area contributed by atoms with Crippen LogP contribution in [-0.4, -0.2) is 55.9 Å². The number of nitrogens with zero attached hydrogens (tertiary/aromatic N) is 3. The number of likely N-dealkylation sites (N-methyl/N-ethyl adjacent to an activating group) is 1. The van der Waals surface area contributed by atoms with Crippen LogP contribution in [-0.2, 0) is 27.7 Å². The number of sulfone groups is 1. The number of aromatic nitrogens is 2. The molecule has 0 aromatic carbocycles. The highest BCUT2D eigenvalue weighted by molar-refractivity contribution is 7.91. The first-order valence-electron chi connectivity index (χ1n) is 6.90. The van der Waals surface area contributed by atoms with Gasteiger partial charge in [-0.2, -0.15) is 0 Å². The zero-order valence-electron chi connectivity index (χ0n) is 13.3. The van der Waals surface area contributed by atoms with Gasteiger partial charge in [0.25, 0.3) is 0 Å². The first-order valence-corrected chi connectivity index (χ1v) is 8.56. The summed E-state index contributed by atoms with van der Waals surface area (Å²) in [6, 6.07) is 0. The van der Waals surface area contributed by atoms with Crippen LogP contribution in [0.4, 0.5) is 0 Å². The highest BCUT2D eigenvalue weighted by Gasteiger charge is 2.21. The van der Waals surface area contributed by atoms with E-state index in [4.69, 9.17) is 4.74 Å². The van der Waals surface area contributed by atoms with E-state index >= 15 is 0 Å². The molecule has 6 nitrogen and oxygen atoms in total. The molecule has 0 N–H and O–H groups in total. The molecule has 1 aromatic rings. The SMILES string of the molecule is C=C(C)CN(C)Cc1cnc(S(=O)(=O)CC)n1CCOC. The summed E-state index contributed by atoms with van der Waals surface area (Å²) < 4.78 is 31.0. The minimum absolute atomic E-state index is 0.0397. The Morgan fingerprint density at radius 2 is 2.19 bits per heavy atom. The Morgan fingerprint density at radius 1 is 1.52 bits per heavy atom. The van der Waals surface area contributed by atoms with E-state index in [1.165, 1.54) is 0 Å². The van der Waals surface area contributed by atoms with E-state index < -0.39 is 9.84 Å². The van der Waals surface area contributed by atoms with Crippen LogP contribution in [0.3, 0.4) is 0 Å². The predicted octanol–water partition coefficient (Wildman–Crippen LogP) is 1.33. The van der Waals surface area contributed by atoms with E-state index in [-0.39, 0.29) is 10.9 Å². The van der Waals surface area contributed by atoms with Gasteiger partial charge in [0.2, 0.25) is 15.0 Å². The van der Waals surface area contributed by atoms with Crippen molar-refractivity contribution in [3.63, 3.8) is 0 Å². The Kier molecular flexibility index (Phi) is 6.57. The van der Waals surface area contributed by atoms with Crippen molar-refractivity contribution in [3.05, 3.63) is 24.0 Å². The normalized spacial score (nSPS) is 12.0. The van der Waals surface area contributed by atoms with Crippen LogP contribution >= 0.6 is 0 Å². The lowest BCUT2D eigenvalue weighted by atomic mass is 10.3. The smallest absolute Gasteiger partial charge is 0.227 e. The van der Waals surface area contributed by atoms with Crippen LogP contribution in [0.5, 0.6) is 0 Å². The molecule has 0 atom stereocenters. The molecule has 0 aliphatic carbocycles. The van der Waals surface area contributed by atoms with Gasteiger partial charge in [0.1, 0.15) is 0 Å². The Balaban J connectivity index is 3.06. The number of methoxy groups -OCH3 is 1. The van der Waals surface area contributed by atoms with Gasteiger partial charge in [-0.1, -0.05) is 19.1 Å². The van der Waals surface area contributed by atoms with Crippen molar-refractivity contribution in [3.8, 4) is 0 Å². The monoisotopic (exact) mass is 315 g/mol. The zero-order chi connectivity index (χ0) is 16.0. The van der Waals surface area contributed by atoms with Crippen LogP contribution in [0.15, 0.2) is 23.5 Å². The Labute approximate surface area is 127 Å². The number of hydrogen-bond donors (Lipinski definition) is 0. The second-order valence-corrected chi connectivity index (χ2v) is 7.38. The molecule has 1 rings (SSSR count). The number of imidazole rings is 1. The maximum absolute atomic E-state index is 12.1. The molecule has 120 valence electrons. The lowest BCUT2D eigenvalue weighted by Gasteiger charge is -2.18. The molecule has 21 heavy (non-hydrogen) atoms. The summed E-state index contributed by atoms with van der Waals surface area (Å²) in [6.45, 7) is 9.76. The van der Waals surface area contributed by atoms with Crippen molar-refractivity contribution in [2.75, 3.05) is 33.1 Å². The van der Waals surface area contributed by atoms with Gasteiger partial charge in [-0.3, -0.25) is 4.90 Å². The third-order valence-electron chi connectivity index (χ3n) is 3.05. The van der Waals surface area contributed by atoms with Crippen molar-refractivity contribution in [1.82, 2.24) is 14.5 Å². The van der Waals surface area contributed by atoms with E-state index in [2.05, 4.69) is 16.5 Å². The predicted molar refractivity (Wildman–Crippen MR) is 83.0 cm³/mol. The van der Waals surface area contributed by atoms with Crippen LogP contribution in [0.2, 0.25) is 0 Å². The first-order chi connectivity index (χ1) is 9.81. The molecule has 0 spiro atoms. The van der Waals surface area contributed by atoms with E-state index in [1.54, 1.807) is 24.8 Å². The second-order valence-electron chi connectivity index (χ2n) is 5.21. The molecule has 0 fully saturated rings. The molecular formula is C14H25N3O3S. The fourth-order valence-corrected chi connectivity index (χ4v) is 3.13. The van der Waals surface area contributed by atoms with Crippen molar-refractivity contribution in [2.24, 2.45) is 0 Å². The molecule has 7 heteroatoms. The van der Waals surface area contributed by atoms with Crippen molar-refractivity contribution < 1.29 is 13.2 Å². The summed E-state index contributed by atoms with van der Waals surface area (Å²) in [4.78, 5) is 6.19. The largest absolute Gasteiger partial charge is 0.383 e. The Hall–Kier alpha value is -1.18. The van der Waals surface area contributed by atoms with Gasteiger partial charge in [0, 0.05) is 26.7 Å². The fourth-order valence-electron chi connectivity index (χ4n) is 2.11. The van der Waals surface area contributed by atoms with Gasteiger partial charge in [-0.15, -0.1) is 0 Å². The molecule has 0 bridgehead atoms. The van der Waals surface area contributed by atoms with Crippen LogP contribution < -0.4 is 0 Å². The summed E-state index contributed by atoms with van der Waals surface area (Å²) in [7, 11) is 0.227. The summed E-state index contributed by atoms with van der Waals surface area (Å²) in [5, 5.41) is 0.126. The maximum Gasteiger partial charge on any atom is 0.227 e. The van der Waals surface area contributed by atoms with Crippen LogP contribution in [0, 0.1) is 0 Å². The summed E-state index contributed by atoms with van der Waals surface area (Å²) in [5.41, 5.74) is 1.92. The van der Waals surface area contributed by atoms with Crippen molar-refractivity contribution in [2.45, 2.75) is 32.1 Å². The lowest BCUT2D eigenvalue weighted by molar-refractivity contribution is 0.182. The van der Waals surface area contributed by atoms with E-state index in [0.29, 0.717) is 19.7 Å². The summed E-state index contributed by atoms with van der Waals surface area (Å²) in [5.74, 6) is 0.0397. The molecule has 0 saturated heterocycles. The molecule has 0 aliphatic rings. The molecule has 0 amide bonds. The van der Waals surface area contributed by atoms with Gasteiger partial charge < -0.3 is 9.30 Å². The number of ether oxygens (including phenoxy) is 1. The highest BCUT2D eigenvalue weighted by atomic mass is 32.2. The maximum atomic E-state index is 12.1. The van der Waals surface area contributed by atoms with Gasteiger partial charge in [-0.25, -0.2) is 13.4 Å². The quantitative estimate of drug-likeness (QED) is 0.643. The summed E-state index contributed by atoms with van der Waals surface area (Å²) >= 11 is 0. The van der Waals surface area contributed by atoms with Gasteiger partial charge in [0.05, 0.1) is 24.3 Å². The second kappa shape index (κ2) is 7.72. The van der Waals surface area contributed by atoms with Gasteiger partial charge in [0.15, 0.2) is 0 Å². The molecule has 0 radical (unpaired) electrons. The van der Waals surface area contributed by atoms with Crippen molar-refractivity contribution in [1.29, 1.82) is 0 Å². The number of rotatable bonds is 9. The fraction of sp³-hybridized carbons (Fsp3) is 0.643.